The van der Waals surface area contributed by atoms with Gasteiger partial charge < -0.3 is 10.3 Å². The molecule has 1 aliphatic heterocycles. The molecule has 0 fully saturated rings. The van der Waals surface area contributed by atoms with Gasteiger partial charge in [0.15, 0.2) is 10.9 Å². The maximum atomic E-state index is 13.3. The highest BCUT2D eigenvalue weighted by Crippen LogP contribution is 2.43. The van der Waals surface area contributed by atoms with Crippen molar-refractivity contribution in [1.29, 1.82) is 0 Å². The summed E-state index contributed by atoms with van der Waals surface area (Å²) in [7, 11) is 0. The number of aromatic nitrogens is 2. The normalized spacial score (nSPS) is 17.1. The topological polar surface area (TPSA) is 118 Å². The van der Waals surface area contributed by atoms with Gasteiger partial charge in [-0.3, -0.25) is 19.7 Å². The number of hydrogen-bond acceptors (Lipinski definition) is 7. The van der Waals surface area contributed by atoms with E-state index in [0.717, 1.165) is 23.2 Å². The molecule has 0 amide bonds. The number of benzene rings is 2. The molecule has 1 aromatic heterocycles. The predicted octanol–water partition coefficient (Wildman–Crippen LogP) is 5.19. The first-order valence-corrected chi connectivity index (χ1v) is 12.1. The molecule has 0 bridgehead atoms. The van der Waals surface area contributed by atoms with Crippen LogP contribution in [0, 0.1) is 10.1 Å². The molecule has 2 heterocycles. The Hall–Kier alpha value is -3.43. The smallest absolute Gasteiger partial charge is 0.269 e. The highest BCUT2D eigenvalue weighted by atomic mass is 35.5. The molecule has 1 atom stereocenters. The first kappa shape index (κ1) is 22.4. The van der Waals surface area contributed by atoms with Crippen LogP contribution in [-0.4, -0.2) is 20.7 Å². The highest BCUT2D eigenvalue weighted by Gasteiger charge is 2.37. The minimum Gasteiger partial charge on any atom is -0.343 e. The van der Waals surface area contributed by atoms with Crippen LogP contribution in [0.3, 0.4) is 0 Å². The van der Waals surface area contributed by atoms with Crippen LogP contribution in [0.1, 0.15) is 41.9 Å². The molecular weight excluding hydrogens is 476 g/mol. The number of H-pyrrole nitrogens is 1. The Labute approximate surface area is 203 Å². The van der Waals surface area contributed by atoms with Gasteiger partial charge in [-0.15, -0.1) is 0 Å². The average molecular weight is 495 g/mol. The van der Waals surface area contributed by atoms with Crippen molar-refractivity contribution < 1.29 is 9.72 Å². The van der Waals surface area contributed by atoms with Crippen molar-refractivity contribution >= 4 is 40.7 Å². The van der Waals surface area contributed by atoms with Gasteiger partial charge >= 0.3 is 0 Å². The van der Waals surface area contributed by atoms with Gasteiger partial charge in [-0.2, -0.15) is 0 Å². The fourth-order valence-electron chi connectivity index (χ4n) is 4.36. The summed E-state index contributed by atoms with van der Waals surface area (Å²) >= 11 is 7.40. The Morgan fingerprint density at radius 2 is 1.82 bits per heavy atom. The fraction of sp³-hybridized carbons (Fsp3) is 0.208. The van der Waals surface area contributed by atoms with E-state index in [1.807, 2.05) is 12.1 Å². The van der Waals surface area contributed by atoms with Crippen LogP contribution in [0.25, 0.3) is 0 Å². The number of nitrogens with one attached hydrogen (secondary N) is 2. The van der Waals surface area contributed by atoms with Crippen LogP contribution in [0.5, 0.6) is 0 Å². The van der Waals surface area contributed by atoms with E-state index in [-0.39, 0.29) is 17.0 Å². The monoisotopic (exact) mass is 494 g/mol. The summed E-state index contributed by atoms with van der Waals surface area (Å²) in [5.74, 6) is 0.451. The Balaban J connectivity index is 1.50. The second kappa shape index (κ2) is 9.08. The number of rotatable bonds is 5. The van der Waals surface area contributed by atoms with Crippen LogP contribution in [0.4, 0.5) is 11.5 Å². The number of halogens is 1. The van der Waals surface area contributed by atoms with E-state index >= 15 is 0 Å². The summed E-state index contributed by atoms with van der Waals surface area (Å²) in [6, 6.07) is 13.4. The van der Waals surface area contributed by atoms with Crippen LogP contribution in [0.2, 0.25) is 5.02 Å². The molecule has 3 aromatic rings. The molecule has 172 valence electrons. The number of nitro groups is 1. The Morgan fingerprint density at radius 1 is 1.09 bits per heavy atom. The zero-order valence-corrected chi connectivity index (χ0v) is 19.4. The van der Waals surface area contributed by atoms with Crippen molar-refractivity contribution in [2.75, 3.05) is 5.32 Å². The Morgan fingerprint density at radius 3 is 2.53 bits per heavy atom. The van der Waals surface area contributed by atoms with Crippen molar-refractivity contribution in [3.63, 3.8) is 0 Å². The number of carbonyl (C=O) groups is 1. The van der Waals surface area contributed by atoms with Gasteiger partial charge in [0.05, 0.1) is 10.5 Å². The molecule has 0 spiro atoms. The van der Waals surface area contributed by atoms with E-state index in [1.165, 1.54) is 23.9 Å². The average Bonchev–Trinajstić information content (AvgIpc) is 2.82. The van der Waals surface area contributed by atoms with Crippen molar-refractivity contribution in [3.05, 3.63) is 102 Å². The van der Waals surface area contributed by atoms with Crippen molar-refractivity contribution in [1.82, 2.24) is 9.97 Å². The molecular formula is C24H19ClN4O4S. The summed E-state index contributed by atoms with van der Waals surface area (Å²) in [5, 5.41) is 15.1. The zero-order chi connectivity index (χ0) is 23.8. The van der Waals surface area contributed by atoms with Gasteiger partial charge in [-0.05, 0) is 36.1 Å². The minimum absolute atomic E-state index is 0.0256. The number of nitro benzene ring substituents is 1. The van der Waals surface area contributed by atoms with Gasteiger partial charge in [0.1, 0.15) is 5.82 Å². The number of aromatic amines is 1. The number of anilines is 1. The largest absolute Gasteiger partial charge is 0.343 e. The number of carbonyl (C=O) groups excluding carboxylic acids is 1. The number of fused-ring (bicyclic) bond motifs is 1. The third-order valence-electron chi connectivity index (χ3n) is 5.96. The van der Waals surface area contributed by atoms with Crippen molar-refractivity contribution in [2.45, 2.75) is 36.1 Å². The van der Waals surface area contributed by atoms with Gasteiger partial charge in [-0.25, -0.2) is 4.98 Å². The molecule has 0 radical (unpaired) electrons. The van der Waals surface area contributed by atoms with Crippen LogP contribution in [-0.2, 0) is 10.5 Å². The van der Waals surface area contributed by atoms with Gasteiger partial charge in [0, 0.05) is 46.5 Å². The van der Waals surface area contributed by atoms with Crippen LogP contribution in [0.15, 0.2) is 69.8 Å². The van der Waals surface area contributed by atoms with Gasteiger partial charge in [0.25, 0.3) is 11.2 Å². The maximum absolute atomic E-state index is 13.3. The Bertz CT molecular complexity index is 1380. The summed E-state index contributed by atoms with van der Waals surface area (Å²) < 4.78 is 0. The van der Waals surface area contributed by atoms with Crippen molar-refractivity contribution in [2.24, 2.45) is 0 Å². The first-order valence-electron chi connectivity index (χ1n) is 10.7. The lowest BCUT2D eigenvalue weighted by Crippen LogP contribution is -2.32. The number of hydrogen-bond donors (Lipinski definition) is 2. The second-order valence-electron chi connectivity index (χ2n) is 8.12. The number of thioether (sulfide) groups is 1. The van der Waals surface area contributed by atoms with Crippen LogP contribution >= 0.6 is 23.4 Å². The van der Waals surface area contributed by atoms with E-state index in [4.69, 9.17) is 11.6 Å². The number of Topliss-reactive ketones (excluding diaryl/α,β-unsaturated/α-hetero) is 1. The zero-order valence-electron chi connectivity index (χ0n) is 17.8. The minimum atomic E-state index is -0.513. The molecule has 1 unspecified atom stereocenters. The number of non-ortho nitro benzene ring substituents is 1. The molecule has 2 aliphatic rings. The standard InChI is InChI=1S/C24H19ClN4O4S/c25-15-8-6-14(7-9-15)19-20-17(2-1-3-18(20)30)26-22-21(19)23(31)28-24(27-22)34-12-13-4-10-16(11-5-13)29(32)33/h4-11,19H,1-3,12H2,(H2,26,27,28,31). The molecule has 10 heteroatoms. The molecule has 34 heavy (non-hydrogen) atoms. The van der Waals surface area contributed by atoms with Gasteiger partial charge in [0.2, 0.25) is 0 Å². The summed E-state index contributed by atoms with van der Waals surface area (Å²) in [5.41, 5.74) is 3.24. The molecule has 0 saturated heterocycles. The fourth-order valence-corrected chi connectivity index (χ4v) is 5.31. The molecule has 8 nitrogen and oxygen atoms in total. The number of nitrogens with zero attached hydrogens (tertiary/aromatic N) is 2. The lowest BCUT2D eigenvalue weighted by atomic mass is 9.76. The maximum Gasteiger partial charge on any atom is 0.269 e. The van der Waals surface area contributed by atoms with E-state index in [1.54, 1.807) is 24.3 Å². The number of allylic oxidation sites excluding steroid dienone is 2. The van der Waals surface area contributed by atoms with Crippen molar-refractivity contribution in [3.8, 4) is 0 Å². The van der Waals surface area contributed by atoms with E-state index in [2.05, 4.69) is 15.3 Å². The van der Waals surface area contributed by atoms with E-state index < -0.39 is 10.8 Å². The summed E-state index contributed by atoms with van der Waals surface area (Å²) in [6.45, 7) is 0. The molecule has 1 aliphatic carbocycles. The van der Waals surface area contributed by atoms with E-state index in [9.17, 15) is 19.7 Å². The third kappa shape index (κ3) is 4.24. The SMILES string of the molecule is O=C1CCCC2=C1C(c1ccc(Cl)cc1)c1c(nc(SCc3ccc([N+](=O)[O-])cc3)[nH]c1=O)N2. The van der Waals surface area contributed by atoms with Gasteiger partial charge in [-0.1, -0.05) is 47.6 Å². The summed E-state index contributed by atoms with van der Waals surface area (Å²) in [4.78, 5) is 44.1. The molecule has 5 rings (SSSR count). The number of ketones is 1. The second-order valence-corrected chi connectivity index (χ2v) is 9.52. The highest BCUT2D eigenvalue weighted by molar-refractivity contribution is 7.98. The lowest BCUT2D eigenvalue weighted by molar-refractivity contribution is -0.384. The summed E-state index contributed by atoms with van der Waals surface area (Å²) in [6.07, 6.45) is 1.91. The quantitative estimate of drug-likeness (QED) is 0.217. The van der Waals surface area contributed by atoms with Crippen LogP contribution < -0.4 is 10.9 Å². The lowest BCUT2D eigenvalue weighted by Gasteiger charge is -2.32. The molecule has 2 aromatic carbocycles. The molecule has 2 N–H and O–H groups in total. The first-order chi connectivity index (χ1) is 16.4. The third-order valence-corrected chi connectivity index (χ3v) is 7.16. The Kier molecular flexibility index (Phi) is 5.97. The molecule has 0 saturated carbocycles. The predicted molar refractivity (Wildman–Crippen MR) is 130 cm³/mol. The van der Waals surface area contributed by atoms with E-state index in [0.29, 0.717) is 45.7 Å².